The molecule has 8 heteroatoms. The summed E-state index contributed by atoms with van der Waals surface area (Å²) in [7, 11) is 0. The van der Waals surface area contributed by atoms with Crippen LogP contribution in [0.4, 0.5) is 5.13 Å². The molecule has 0 aliphatic rings. The van der Waals surface area contributed by atoms with E-state index in [0.717, 1.165) is 11.1 Å². The average Bonchev–Trinajstić information content (AvgIpc) is 2.95. The first-order chi connectivity index (χ1) is 11.0. The summed E-state index contributed by atoms with van der Waals surface area (Å²) in [6.45, 7) is 6.07. The summed E-state index contributed by atoms with van der Waals surface area (Å²) in [5, 5.41) is 11.0. The molecule has 0 aliphatic carbocycles. The van der Waals surface area contributed by atoms with E-state index in [1.165, 1.54) is 23.1 Å². The van der Waals surface area contributed by atoms with Crippen LogP contribution in [-0.4, -0.2) is 34.4 Å². The third kappa shape index (κ3) is 5.04. The van der Waals surface area contributed by atoms with Gasteiger partial charge >= 0.3 is 5.97 Å². The van der Waals surface area contributed by atoms with E-state index >= 15 is 0 Å². The molecule has 1 N–H and O–H groups in total. The van der Waals surface area contributed by atoms with Crippen molar-refractivity contribution < 1.29 is 14.3 Å². The highest BCUT2D eigenvalue weighted by Gasteiger charge is 2.12. The van der Waals surface area contributed by atoms with Crippen LogP contribution in [0.25, 0.3) is 0 Å². The topological polar surface area (TPSA) is 81.2 Å². The van der Waals surface area contributed by atoms with Crippen LogP contribution in [0.5, 0.6) is 0 Å². The van der Waals surface area contributed by atoms with Gasteiger partial charge in [0.15, 0.2) is 4.34 Å². The number of thioether (sulfide) groups is 1. The van der Waals surface area contributed by atoms with Gasteiger partial charge in [0.1, 0.15) is 0 Å². The summed E-state index contributed by atoms with van der Waals surface area (Å²) in [6.07, 6.45) is 0. The molecule has 2 rings (SSSR count). The van der Waals surface area contributed by atoms with E-state index in [0.29, 0.717) is 21.6 Å². The zero-order valence-corrected chi connectivity index (χ0v) is 14.7. The molecule has 0 aliphatic heterocycles. The van der Waals surface area contributed by atoms with Crippen molar-refractivity contribution in [3.8, 4) is 0 Å². The monoisotopic (exact) mass is 351 g/mol. The molecule has 0 unspecified atom stereocenters. The van der Waals surface area contributed by atoms with Gasteiger partial charge in [0, 0.05) is 5.56 Å². The zero-order valence-electron chi connectivity index (χ0n) is 13.1. The third-order valence-corrected chi connectivity index (χ3v) is 4.96. The Morgan fingerprint density at radius 1 is 1.26 bits per heavy atom. The van der Waals surface area contributed by atoms with Gasteiger partial charge < -0.3 is 4.74 Å². The Balaban J connectivity index is 1.94. The number of rotatable bonds is 6. The number of amides is 1. The minimum atomic E-state index is -0.298. The molecule has 1 heterocycles. The van der Waals surface area contributed by atoms with Crippen LogP contribution >= 0.6 is 23.1 Å². The number of aromatic nitrogens is 2. The summed E-state index contributed by atoms with van der Waals surface area (Å²) in [5.74, 6) is -0.354. The molecule has 0 spiro atoms. The van der Waals surface area contributed by atoms with Crippen LogP contribution in [0.1, 0.15) is 28.4 Å². The largest absolute Gasteiger partial charge is 0.465 e. The van der Waals surface area contributed by atoms with Gasteiger partial charge in [-0.15, -0.1) is 10.2 Å². The lowest BCUT2D eigenvalue weighted by molar-refractivity contribution is -0.139. The maximum absolute atomic E-state index is 12.2. The second kappa shape index (κ2) is 8.07. The molecule has 0 saturated carbocycles. The van der Waals surface area contributed by atoms with E-state index in [-0.39, 0.29) is 17.6 Å². The number of hydrogen-bond acceptors (Lipinski definition) is 7. The summed E-state index contributed by atoms with van der Waals surface area (Å²) in [4.78, 5) is 23.5. The normalized spacial score (nSPS) is 10.4. The first kappa shape index (κ1) is 17.4. The number of hydrogen-bond donors (Lipinski definition) is 1. The number of carbonyl (C=O) groups excluding carboxylic acids is 2. The Labute approximate surface area is 142 Å². The number of carbonyl (C=O) groups is 2. The van der Waals surface area contributed by atoms with Gasteiger partial charge in [-0.25, -0.2) is 0 Å². The van der Waals surface area contributed by atoms with E-state index in [4.69, 9.17) is 4.74 Å². The van der Waals surface area contributed by atoms with Gasteiger partial charge in [0.25, 0.3) is 5.91 Å². The van der Waals surface area contributed by atoms with E-state index < -0.39 is 0 Å². The summed E-state index contributed by atoms with van der Waals surface area (Å²) in [5.41, 5.74) is 2.76. The van der Waals surface area contributed by atoms with Crippen molar-refractivity contribution in [3.63, 3.8) is 0 Å². The summed E-state index contributed by atoms with van der Waals surface area (Å²) >= 11 is 2.46. The standard InChI is InChI=1S/C15H17N3O3S2/c1-4-21-12(19)8-22-15-18-17-14(23-15)16-13(20)11-6-5-9(2)10(3)7-11/h5-7H,4,8H2,1-3H3,(H,16,17,20). The minimum Gasteiger partial charge on any atom is -0.465 e. The predicted molar refractivity (Wildman–Crippen MR) is 91.1 cm³/mol. The van der Waals surface area contributed by atoms with E-state index in [1.54, 1.807) is 13.0 Å². The number of nitrogens with zero attached hydrogens (tertiary/aromatic N) is 2. The molecule has 1 aromatic heterocycles. The van der Waals surface area contributed by atoms with Crippen molar-refractivity contribution in [2.24, 2.45) is 0 Å². The van der Waals surface area contributed by atoms with Gasteiger partial charge in [-0.2, -0.15) is 0 Å². The van der Waals surface area contributed by atoms with Crippen molar-refractivity contribution in [2.75, 3.05) is 17.7 Å². The van der Waals surface area contributed by atoms with Crippen LogP contribution in [0.2, 0.25) is 0 Å². The van der Waals surface area contributed by atoms with Crippen LogP contribution in [0, 0.1) is 13.8 Å². The Morgan fingerprint density at radius 2 is 2.04 bits per heavy atom. The molecule has 0 bridgehead atoms. The number of anilines is 1. The number of ether oxygens (including phenoxy) is 1. The van der Waals surface area contributed by atoms with Crippen LogP contribution in [-0.2, 0) is 9.53 Å². The molecule has 2 aromatic rings. The molecule has 0 fully saturated rings. The van der Waals surface area contributed by atoms with Crippen LogP contribution in [0.3, 0.4) is 0 Å². The van der Waals surface area contributed by atoms with Crippen LogP contribution < -0.4 is 5.32 Å². The molecular formula is C15H17N3O3S2. The number of esters is 1. The SMILES string of the molecule is CCOC(=O)CSc1nnc(NC(=O)c2ccc(C)c(C)c2)s1. The van der Waals surface area contributed by atoms with Gasteiger partial charge in [0.05, 0.1) is 12.4 Å². The fraction of sp³-hybridized carbons (Fsp3) is 0.333. The van der Waals surface area contributed by atoms with Gasteiger partial charge in [-0.05, 0) is 44.0 Å². The van der Waals surface area contributed by atoms with E-state index in [9.17, 15) is 9.59 Å². The molecule has 1 amide bonds. The highest BCUT2D eigenvalue weighted by Crippen LogP contribution is 2.26. The van der Waals surface area contributed by atoms with Crippen molar-refractivity contribution in [1.29, 1.82) is 0 Å². The number of aryl methyl sites for hydroxylation is 2. The van der Waals surface area contributed by atoms with Gasteiger partial charge in [-0.1, -0.05) is 29.2 Å². The second-order valence-corrected chi connectivity index (χ2v) is 6.92. The molecule has 0 radical (unpaired) electrons. The first-order valence-electron chi connectivity index (χ1n) is 7.00. The molecule has 0 saturated heterocycles. The third-order valence-electron chi connectivity index (χ3n) is 3.01. The van der Waals surface area contributed by atoms with Crippen molar-refractivity contribution >= 4 is 40.1 Å². The summed E-state index contributed by atoms with van der Waals surface area (Å²) < 4.78 is 5.45. The lowest BCUT2D eigenvalue weighted by atomic mass is 10.1. The molecular weight excluding hydrogens is 334 g/mol. The smallest absolute Gasteiger partial charge is 0.316 e. The Morgan fingerprint density at radius 3 is 2.74 bits per heavy atom. The maximum Gasteiger partial charge on any atom is 0.316 e. The lowest BCUT2D eigenvalue weighted by Crippen LogP contribution is -2.12. The predicted octanol–water partition coefficient (Wildman–Crippen LogP) is 3.06. The summed E-state index contributed by atoms with van der Waals surface area (Å²) in [6, 6.07) is 5.52. The Hall–Kier alpha value is -1.93. The van der Waals surface area contributed by atoms with Crippen LogP contribution in [0.15, 0.2) is 22.5 Å². The van der Waals surface area contributed by atoms with Crippen molar-refractivity contribution in [1.82, 2.24) is 10.2 Å². The number of benzene rings is 1. The quantitative estimate of drug-likeness (QED) is 0.489. The molecule has 1 aromatic carbocycles. The van der Waals surface area contributed by atoms with E-state index in [1.807, 2.05) is 26.0 Å². The minimum absolute atomic E-state index is 0.174. The molecule has 6 nitrogen and oxygen atoms in total. The zero-order chi connectivity index (χ0) is 16.8. The maximum atomic E-state index is 12.2. The Bertz CT molecular complexity index is 716. The van der Waals surface area contributed by atoms with E-state index in [2.05, 4.69) is 15.5 Å². The second-order valence-electron chi connectivity index (χ2n) is 4.72. The first-order valence-corrected chi connectivity index (χ1v) is 8.80. The highest BCUT2D eigenvalue weighted by molar-refractivity contribution is 8.01. The molecule has 23 heavy (non-hydrogen) atoms. The van der Waals surface area contributed by atoms with Crippen molar-refractivity contribution in [2.45, 2.75) is 25.1 Å². The molecule has 0 atom stereocenters. The lowest BCUT2D eigenvalue weighted by Gasteiger charge is -2.04. The van der Waals surface area contributed by atoms with Gasteiger partial charge in [0.2, 0.25) is 5.13 Å². The number of nitrogens with one attached hydrogen (secondary N) is 1. The highest BCUT2D eigenvalue weighted by atomic mass is 32.2. The van der Waals surface area contributed by atoms with Gasteiger partial charge in [-0.3, -0.25) is 14.9 Å². The fourth-order valence-corrected chi connectivity index (χ4v) is 3.24. The fourth-order valence-electron chi connectivity index (χ4n) is 1.69. The van der Waals surface area contributed by atoms with Crippen molar-refractivity contribution in [3.05, 3.63) is 34.9 Å². The Kier molecular flexibility index (Phi) is 6.12. The molecule has 122 valence electrons. The average molecular weight is 351 g/mol.